The van der Waals surface area contributed by atoms with Crippen LogP contribution in [0.5, 0.6) is 0 Å². The number of unbranched alkanes of at least 4 members (excludes halogenated alkanes) is 7. The molecule has 27 heavy (non-hydrogen) atoms. The van der Waals surface area contributed by atoms with Crippen LogP contribution >= 0.6 is 0 Å². The second-order valence-electron chi connectivity index (χ2n) is 6.30. The second-order valence-corrected chi connectivity index (χ2v) is 6.30. The molecule has 0 fully saturated rings. The zero-order valence-electron chi connectivity index (χ0n) is 17.7. The topological polar surface area (TPSA) is 101 Å². The summed E-state index contributed by atoms with van der Waals surface area (Å²) < 4.78 is 4.70. The molecule has 0 heterocycles. The highest BCUT2D eigenvalue weighted by molar-refractivity contribution is 5.80. The van der Waals surface area contributed by atoms with E-state index in [0.29, 0.717) is 6.42 Å². The fraction of sp³-hybridized carbons (Fsp3) is 0.762. The number of ketones is 2. The molecule has 0 amide bonds. The van der Waals surface area contributed by atoms with Crippen molar-refractivity contribution in [3.05, 3.63) is 12.7 Å². The summed E-state index contributed by atoms with van der Waals surface area (Å²) in [6, 6.07) is 0. The molecule has 0 bridgehead atoms. The molecule has 0 saturated heterocycles. The van der Waals surface area contributed by atoms with E-state index in [-0.39, 0.29) is 18.4 Å². The lowest BCUT2D eigenvalue weighted by molar-refractivity contribution is -0.147. The van der Waals surface area contributed by atoms with Crippen LogP contribution in [0.4, 0.5) is 0 Å². The van der Waals surface area contributed by atoms with E-state index in [2.05, 4.69) is 20.4 Å². The highest BCUT2D eigenvalue weighted by Gasteiger charge is 2.03. The first-order valence-corrected chi connectivity index (χ1v) is 9.85. The Morgan fingerprint density at radius 1 is 0.926 bits per heavy atom. The van der Waals surface area contributed by atoms with Crippen LogP contribution in [0.15, 0.2) is 12.7 Å². The highest BCUT2D eigenvalue weighted by atomic mass is 16.5. The van der Waals surface area contributed by atoms with Crippen LogP contribution < -0.4 is 0 Å². The van der Waals surface area contributed by atoms with E-state index in [1.165, 1.54) is 39.0 Å². The third kappa shape index (κ3) is 36.2. The minimum Gasteiger partial charge on any atom is -0.458 e. The van der Waals surface area contributed by atoms with Gasteiger partial charge in [-0.2, -0.15) is 0 Å². The van der Waals surface area contributed by atoms with Gasteiger partial charge < -0.3 is 14.9 Å². The Balaban J connectivity index is -0.000000351. The molecule has 0 radical (unpaired) electrons. The quantitative estimate of drug-likeness (QED) is 0.213. The number of rotatable bonds is 13. The summed E-state index contributed by atoms with van der Waals surface area (Å²) in [5.41, 5.74) is 0. The molecule has 0 spiro atoms. The summed E-state index contributed by atoms with van der Waals surface area (Å²) in [7, 11) is 0. The van der Waals surface area contributed by atoms with Gasteiger partial charge in [0.2, 0.25) is 6.29 Å². The zero-order valence-corrected chi connectivity index (χ0v) is 17.7. The summed E-state index contributed by atoms with van der Waals surface area (Å²) in [6.45, 7) is 10.4. The number of carbonyl (C=O) groups is 3. The summed E-state index contributed by atoms with van der Waals surface area (Å²) in [5.74, 6) is -0.997. The molecule has 0 atom stereocenters. The van der Waals surface area contributed by atoms with E-state index >= 15 is 0 Å². The van der Waals surface area contributed by atoms with Crippen molar-refractivity contribution in [2.75, 3.05) is 6.61 Å². The lowest BCUT2D eigenvalue weighted by Crippen LogP contribution is -2.14. The van der Waals surface area contributed by atoms with Gasteiger partial charge in [0, 0.05) is 6.42 Å². The number of carbonyl (C=O) groups excluding carboxylic acids is 3. The minimum atomic E-state index is -1.79. The number of aliphatic hydroxyl groups is 2. The molecule has 0 aliphatic rings. The SMILES string of the molecule is C=CCCCCCC.CC(=O)C(O)O.CCCCCCC(=O)OCC(C)=O. The summed E-state index contributed by atoms with van der Waals surface area (Å²) in [5, 5.41) is 15.7. The predicted octanol–water partition coefficient (Wildman–Crippen LogP) is 4.12. The maximum atomic E-state index is 10.9. The van der Waals surface area contributed by atoms with Crippen molar-refractivity contribution in [3.8, 4) is 0 Å². The fourth-order valence-corrected chi connectivity index (χ4v) is 1.67. The zero-order chi connectivity index (χ0) is 21.5. The molecule has 6 heteroatoms. The second kappa shape index (κ2) is 24.5. The largest absolute Gasteiger partial charge is 0.458 e. The van der Waals surface area contributed by atoms with Crippen molar-refractivity contribution in [2.24, 2.45) is 0 Å². The monoisotopic (exact) mass is 388 g/mol. The number of hydrogen-bond acceptors (Lipinski definition) is 6. The Hall–Kier alpha value is -1.53. The molecule has 0 aromatic carbocycles. The molecule has 0 aliphatic carbocycles. The average Bonchev–Trinajstić information content (AvgIpc) is 2.62. The third-order valence-electron chi connectivity index (χ3n) is 3.30. The number of Topliss-reactive ketones (excluding diaryl/α,β-unsaturated/α-hetero) is 2. The Labute approximate surface area is 165 Å². The number of hydrogen-bond donors (Lipinski definition) is 2. The summed E-state index contributed by atoms with van der Waals surface area (Å²) in [4.78, 5) is 31.0. The van der Waals surface area contributed by atoms with Gasteiger partial charge in [-0.15, -0.1) is 6.58 Å². The first-order valence-electron chi connectivity index (χ1n) is 9.85. The molecule has 6 nitrogen and oxygen atoms in total. The van der Waals surface area contributed by atoms with E-state index in [0.717, 1.165) is 32.6 Å². The Morgan fingerprint density at radius 3 is 1.78 bits per heavy atom. The van der Waals surface area contributed by atoms with Gasteiger partial charge in [0.05, 0.1) is 0 Å². The summed E-state index contributed by atoms with van der Waals surface area (Å²) in [6.07, 6.45) is 11.5. The molecular weight excluding hydrogens is 348 g/mol. The first kappa shape index (κ1) is 30.2. The third-order valence-corrected chi connectivity index (χ3v) is 3.30. The van der Waals surface area contributed by atoms with Gasteiger partial charge in [0.25, 0.3) is 0 Å². The Kier molecular flexibility index (Phi) is 27.4. The first-order chi connectivity index (χ1) is 12.7. The van der Waals surface area contributed by atoms with E-state index in [1.807, 2.05) is 6.08 Å². The summed E-state index contributed by atoms with van der Waals surface area (Å²) >= 11 is 0. The van der Waals surface area contributed by atoms with Crippen LogP contribution in [-0.4, -0.2) is 40.6 Å². The normalized spacial score (nSPS) is 9.44. The van der Waals surface area contributed by atoms with Crippen molar-refractivity contribution >= 4 is 17.5 Å². The molecule has 0 aliphatic heterocycles. The van der Waals surface area contributed by atoms with Gasteiger partial charge in [-0.3, -0.25) is 14.4 Å². The van der Waals surface area contributed by atoms with Crippen LogP contribution in [0.2, 0.25) is 0 Å². The Bertz CT molecular complexity index is 377. The number of aliphatic hydroxyl groups excluding tert-OH is 1. The lowest BCUT2D eigenvalue weighted by Gasteiger charge is -2.01. The van der Waals surface area contributed by atoms with Gasteiger partial charge in [-0.05, 0) is 33.1 Å². The molecule has 0 aromatic heterocycles. The van der Waals surface area contributed by atoms with Crippen molar-refractivity contribution < 1.29 is 29.3 Å². The molecule has 0 saturated carbocycles. The van der Waals surface area contributed by atoms with Crippen LogP contribution in [0.25, 0.3) is 0 Å². The van der Waals surface area contributed by atoms with E-state index < -0.39 is 12.1 Å². The molecular formula is C21H40O6. The number of esters is 1. The van der Waals surface area contributed by atoms with Gasteiger partial charge in [0.15, 0.2) is 11.6 Å². The van der Waals surface area contributed by atoms with E-state index in [1.54, 1.807) is 0 Å². The van der Waals surface area contributed by atoms with Gasteiger partial charge in [-0.1, -0.05) is 58.4 Å². The highest BCUT2D eigenvalue weighted by Crippen LogP contribution is 2.03. The number of ether oxygens (including phenoxy) is 1. The standard InChI is InChI=1S/C10H18O3.C8H16.C3H6O3/c1-3-4-5-6-7-10(12)13-8-9(2)11;1-3-5-7-8-6-4-2;1-2(4)3(5)6/h3-8H2,1-2H3;3H,1,4-8H2,2H3;3,5-6H,1H3. The van der Waals surface area contributed by atoms with E-state index in [9.17, 15) is 14.4 Å². The average molecular weight is 389 g/mol. The predicted molar refractivity (Wildman–Crippen MR) is 108 cm³/mol. The molecule has 0 aromatic rings. The number of allylic oxidation sites excluding steroid dienone is 1. The van der Waals surface area contributed by atoms with Crippen LogP contribution in [0.1, 0.15) is 91.9 Å². The van der Waals surface area contributed by atoms with Crippen LogP contribution in [-0.2, 0) is 19.1 Å². The smallest absolute Gasteiger partial charge is 0.306 e. The van der Waals surface area contributed by atoms with Gasteiger partial charge >= 0.3 is 5.97 Å². The van der Waals surface area contributed by atoms with E-state index in [4.69, 9.17) is 14.9 Å². The molecule has 0 unspecified atom stereocenters. The lowest BCUT2D eigenvalue weighted by atomic mass is 10.2. The van der Waals surface area contributed by atoms with Crippen molar-refractivity contribution in [1.29, 1.82) is 0 Å². The maximum Gasteiger partial charge on any atom is 0.306 e. The van der Waals surface area contributed by atoms with Gasteiger partial charge in [0.1, 0.15) is 6.61 Å². The fourth-order valence-electron chi connectivity index (χ4n) is 1.67. The van der Waals surface area contributed by atoms with Crippen LogP contribution in [0, 0.1) is 0 Å². The van der Waals surface area contributed by atoms with Gasteiger partial charge in [-0.25, -0.2) is 0 Å². The van der Waals surface area contributed by atoms with Crippen molar-refractivity contribution in [2.45, 2.75) is 98.2 Å². The Morgan fingerprint density at radius 2 is 1.41 bits per heavy atom. The van der Waals surface area contributed by atoms with Crippen LogP contribution in [0.3, 0.4) is 0 Å². The molecule has 160 valence electrons. The van der Waals surface area contributed by atoms with Crippen molar-refractivity contribution in [1.82, 2.24) is 0 Å². The minimum absolute atomic E-state index is 0.0768. The van der Waals surface area contributed by atoms with Crippen molar-refractivity contribution in [3.63, 3.8) is 0 Å². The molecule has 2 N–H and O–H groups in total. The molecule has 0 rings (SSSR count). The maximum absolute atomic E-state index is 10.9.